The Kier molecular flexibility index (Phi) is 6.62. The molecule has 0 saturated carbocycles. The maximum atomic E-state index is 12.6. The third kappa shape index (κ3) is 5.51. The van der Waals surface area contributed by atoms with Crippen molar-refractivity contribution in [2.45, 2.75) is 13.0 Å². The van der Waals surface area contributed by atoms with Crippen LogP contribution in [0.15, 0.2) is 66.7 Å². The number of amides is 1. The van der Waals surface area contributed by atoms with E-state index in [4.69, 9.17) is 4.74 Å². The first-order valence-electron chi connectivity index (χ1n) is 10.5. The Balaban J connectivity index is 1.25. The van der Waals surface area contributed by atoms with Gasteiger partial charge in [-0.15, -0.1) is 10.2 Å². The molecule has 0 unspecified atom stereocenters. The lowest BCUT2D eigenvalue weighted by atomic mass is 10.1. The number of anilines is 2. The van der Waals surface area contributed by atoms with Crippen LogP contribution >= 0.6 is 0 Å². The van der Waals surface area contributed by atoms with Gasteiger partial charge >= 0.3 is 0 Å². The van der Waals surface area contributed by atoms with Gasteiger partial charge in [-0.3, -0.25) is 4.79 Å². The topological polar surface area (TPSA) is 70.6 Å². The lowest BCUT2D eigenvalue weighted by molar-refractivity contribution is -0.130. The Morgan fingerprint density at radius 2 is 1.65 bits per heavy atom. The summed E-state index contributed by atoms with van der Waals surface area (Å²) in [5, 5.41) is 12.0. The maximum Gasteiger partial charge on any atom is 0.227 e. The lowest BCUT2D eigenvalue weighted by Crippen LogP contribution is -2.49. The van der Waals surface area contributed by atoms with E-state index < -0.39 is 0 Å². The number of methoxy groups -OCH3 is 1. The normalized spacial score (nSPS) is 13.7. The van der Waals surface area contributed by atoms with E-state index in [1.807, 2.05) is 59.5 Å². The smallest absolute Gasteiger partial charge is 0.227 e. The molecular weight excluding hydrogens is 390 g/mol. The summed E-state index contributed by atoms with van der Waals surface area (Å²) in [7, 11) is 1.64. The van der Waals surface area contributed by atoms with Crippen molar-refractivity contribution in [1.29, 1.82) is 0 Å². The van der Waals surface area contributed by atoms with Crippen LogP contribution in [0.25, 0.3) is 0 Å². The molecule has 2 heterocycles. The Morgan fingerprint density at radius 3 is 2.29 bits per heavy atom. The number of piperazine rings is 1. The van der Waals surface area contributed by atoms with Gasteiger partial charge in [-0.1, -0.05) is 42.5 Å². The highest BCUT2D eigenvalue weighted by molar-refractivity contribution is 5.79. The standard InChI is InChI=1S/C24H27N5O2/c1-31-21-9-7-19(8-10-21)17-24(30)29-15-13-28(14-16-29)23-12-11-22(26-27-23)25-18-20-5-3-2-4-6-20/h2-12H,13-18H2,1H3,(H,25,26). The average Bonchev–Trinajstić information content (AvgIpc) is 2.84. The number of rotatable bonds is 7. The van der Waals surface area contributed by atoms with E-state index in [1.165, 1.54) is 5.56 Å². The van der Waals surface area contributed by atoms with Crippen molar-refractivity contribution in [3.63, 3.8) is 0 Å². The summed E-state index contributed by atoms with van der Waals surface area (Å²) in [5.41, 5.74) is 2.20. The highest BCUT2D eigenvalue weighted by atomic mass is 16.5. The summed E-state index contributed by atoms with van der Waals surface area (Å²) < 4.78 is 5.17. The minimum atomic E-state index is 0.149. The van der Waals surface area contributed by atoms with Crippen molar-refractivity contribution < 1.29 is 9.53 Å². The van der Waals surface area contributed by atoms with Crippen molar-refractivity contribution in [1.82, 2.24) is 15.1 Å². The van der Waals surface area contributed by atoms with Gasteiger partial charge in [-0.2, -0.15) is 0 Å². The van der Waals surface area contributed by atoms with Crippen LogP contribution in [0.4, 0.5) is 11.6 Å². The Labute approximate surface area is 182 Å². The zero-order chi connectivity index (χ0) is 21.5. The SMILES string of the molecule is COc1ccc(CC(=O)N2CCN(c3ccc(NCc4ccccc4)nn3)CC2)cc1. The van der Waals surface area contributed by atoms with Gasteiger partial charge in [0.05, 0.1) is 13.5 Å². The number of nitrogens with one attached hydrogen (secondary N) is 1. The number of aromatic nitrogens is 2. The van der Waals surface area contributed by atoms with Crippen LogP contribution < -0.4 is 15.0 Å². The summed E-state index contributed by atoms with van der Waals surface area (Å²) in [5.74, 6) is 2.54. The summed E-state index contributed by atoms with van der Waals surface area (Å²) in [6.07, 6.45) is 0.408. The molecule has 160 valence electrons. The zero-order valence-corrected chi connectivity index (χ0v) is 17.7. The van der Waals surface area contributed by atoms with Crippen molar-refractivity contribution in [3.8, 4) is 5.75 Å². The summed E-state index contributed by atoms with van der Waals surface area (Å²) in [6.45, 7) is 3.58. The molecule has 3 aromatic rings. The van der Waals surface area contributed by atoms with Crippen LogP contribution in [0.5, 0.6) is 5.75 Å². The molecule has 1 aromatic heterocycles. The molecule has 4 rings (SSSR count). The highest BCUT2D eigenvalue weighted by Crippen LogP contribution is 2.16. The fraction of sp³-hybridized carbons (Fsp3) is 0.292. The first-order valence-corrected chi connectivity index (χ1v) is 10.5. The van der Waals surface area contributed by atoms with E-state index in [0.29, 0.717) is 26.1 Å². The second kappa shape index (κ2) is 9.93. The van der Waals surface area contributed by atoms with Crippen LogP contribution in [0, 0.1) is 0 Å². The number of carbonyl (C=O) groups excluding carboxylic acids is 1. The van der Waals surface area contributed by atoms with E-state index in [9.17, 15) is 4.79 Å². The summed E-state index contributed by atoms with van der Waals surface area (Å²) in [4.78, 5) is 16.7. The van der Waals surface area contributed by atoms with E-state index in [0.717, 1.165) is 36.0 Å². The van der Waals surface area contributed by atoms with Gasteiger partial charge in [0, 0.05) is 32.7 Å². The minimum absolute atomic E-state index is 0.149. The van der Waals surface area contributed by atoms with E-state index in [-0.39, 0.29) is 5.91 Å². The zero-order valence-electron chi connectivity index (χ0n) is 17.7. The van der Waals surface area contributed by atoms with Crippen LogP contribution in [0.2, 0.25) is 0 Å². The van der Waals surface area contributed by atoms with Crippen LogP contribution in [-0.2, 0) is 17.8 Å². The number of carbonyl (C=O) groups is 1. The first-order chi connectivity index (χ1) is 15.2. The Bertz CT molecular complexity index is 969. The summed E-state index contributed by atoms with van der Waals surface area (Å²) in [6, 6.07) is 21.8. The lowest BCUT2D eigenvalue weighted by Gasteiger charge is -2.35. The molecular formula is C24H27N5O2. The highest BCUT2D eigenvalue weighted by Gasteiger charge is 2.22. The van der Waals surface area contributed by atoms with Gasteiger partial charge in [0.1, 0.15) is 11.6 Å². The van der Waals surface area contributed by atoms with E-state index >= 15 is 0 Å². The fourth-order valence-electron chi connectivity index (χ4n) is 3.59. The Hall–Kier alpha value is -3.61. The monoisotopic (exact) mass is 417 g/mol. The van der Waals surface area contributed by atoms with Crippen molar-refractivity contribution in [3.05, 3.63) is 77.9 Å². The molecule has 7 nitrogen and oxygen atoms in total. The molecule has 1 aliphatic heterocycles. The molecule has 0 radical (unpaired) electrons. The molecule has 7 heteroatoms. The second-order valence-corrected chi connectivity index (χ2v) is 7.51. The molecule has 1 amide bonds. The predicted octanol–water partition coefficient (Wildman–Crippen LogP) is 2.99. The fourth-order valence-corrected chi connectivity index (χ4v) is 3.59. The Morgan fingerprint density at radius 1 is 0.903 bits per heavy atom. The molecule has 0 bridgehead atoms. The van der Waals surface area contributed by atoms with Crippen molar-refractivity contribution in [2.75, 3.05) is 43.5 Å². The van der Waals surface area contributed by atoms with Crippen molar-refractivity contribution in [2.24, 2.45) is 0 Å². The molecule has 2 aromatic carbocycles. The molecule has 0 atom stereocenters. The third-order valence-corrected chi connectivity index (χ3v) is 5.44. The predicted molar refractivity (Wildman–Crippen MR) is 121 cm³/mol. The van der Waals surface area contributed by atoms with Crippen LogP contribution in [0.3, 0.4) is 0 Å². The third-order valence-electron chi connectivity index (χ3n) is 5.44. The van der Waals surface area contributed by atoms with Gasteiger partial charge < -0.3 is 19.9 Å². The second-order valence-electron chi connectivity index (χ2n) is 7.51. The molecule has 1 N–H and O–H groups in total. The maximum absolute atomic E-state index is 12.6. The molecule has 1 aliphatic rings. The van der Waals surface area contributed by atoms with Crippen LogP contribution in [0.1, 0.15) is 11.1 Å². The number of nitrogens with zero attached hydrogens (tertiary/aromatic N) is 4. The molecule has 31 heavy (non-hydrogen) atoms. The van der Waals surface area contributed by atoms with Gasteiger partial charge in [0.15, 0.2) is 5.82 Å². The van der Waals surface area contributed by atoms with Gasteiger partial charge in [-0.25, -0.2) is 0 Å². The molecule has 1 saturated heterocycles. The number of hydrogen-bond acceptors (Lipinski definition) is 6. The molecule has 0 spiro atoms. The minimum Gasteiger partial charge on any atom is -0.497 e. The van der Waals surface area contributed by atoms with E-state index in [1.54, 1.807) is 7.11 Å². The molecule has 0 aliphatic carbocycles. The number of ether oxygens (including phenoxy) is 1. The van der Waals surface area contributed by atoms with Crippen molar-refractivity contribution >= 4 is 17.5 Å². The quantitative estimate of drug-likeness (QED) is 0.637. The van der Waals surface area contributed by atoms with Gasteiger partial charge in [0.25, 0.3) is 0 Å². The number of hydrogen-bond donors (Lipinski definition) is 1. The van der Waals surface area contributed by atoms with E-state index in [2.05, 4.69) is 32.5 Å². The number of benzene rings is 2. The van der Waals surface area contributed by atoms with Gasteiger partial charge in [-0.05, 0) is 35.4 Å². The average molecular weight is 418 g/mol. The summed E-state index contributed by atoms with van der Waals surface area (Å²) >= 11 is 0. The van der Waals surface area contributed by atoms with Gasteiger partial charge in [0.2, 0.25) is 5.91 Å². The largest absolute Gasteiger partial charge is 0.497 e. The van der Waals surface area contributed by atoms with Crippen LogP contribution in [-0.4, -0.2) is 54.3 Å². The molecule has 1 fully saturated rings. The first kappa shape index (κ1) is 20.7.